The maximum Gasteiger partial charge on any atom is 0.233 e. The molecule has 2 atom stereocenters. The second-order valence-electron chi connectivity index (χ2n) is 6.79. The van der Waals surface area contributed by atoms with Crippen molar-refractivity contribution in [2.75, 3.05) is 13.2 Å². The Morgan fingerprint density at radius 1 is 1.33 bits per heavy atom. The number of hydrogen-bond donors (Lipinski definition) is 1. The van der Waals surface area contributed by atoms with Crippen LogP contribution in [0.4, 0.5) is 0 Å². The van der Waals surface area contributed by atoms with Gasteiger partial charge < -0.3 is 10.1 Å². The minimum atomic E-state index is -0.206. The number of amides is 1. The predicted molar refractivity (Wildman–Crippen MR) is 91.7 cm³/mol. The highest BCUT2D eigenvalue weighted by atomic mass is 32.2. The Labute approximate surface area is 147 Å². The molecule has 2 fully saturated rings. The smallest absolute Gasteiger partial charge is 0.233 e. The van der Waals surface area contributed by atoms with Gasteiger partial charge in [0.25, 0.3) is 0 Å². The summed E-state index contributed by atoms with van der Waals surface area (Å²) >= 11 is 1.41. The molecule has 0 aromatic carbocycles. The van der Waals surface area contributed by atoms with Crippen molar-refractivity contribution in [3.05, 3.63) is 0 Å². The van der Waals surface area contributed by atoms with Gasteiger partial charge in [-0.1, -0.05) is 31.0 Å². The van der Waals surface area contributed by atoms with Crippen LogP contribution in [0.25, 0.3) is 0 Å². The van der Waals surface area contributed by atoms with Crippen molar-refractivity contribution >= 4 is 17.7 Å². The summed E-state index contributed by atoms with van der Waals surface area (Å²) in [7, 11) is 0. The van der Waals surface area contributed by atoms with Crippen molar-refractivity contribution in [3.63, 3.8) is 0 Å². The van der Waals surface area contributed by atoms with Crippen LogP contribution in [0.5, 0.6) is 0 Å². The lowest BCUT2D eigenvalue weighted by molar-refractivity contribution is -0.120. The minimum absolute atomic E-state index is 0.0669. The van der Waals surface area contributed by atoms with Crippen LogP contribution in [0.3, 0.4) is 0 Å². The number of nitrogens with one attached hydrogen (secondary N) is 1. The number of rotatable bonds is 7. The lowest BCUT2D eigenvalue weighted by atomic mass is 9.89. The van der Waals surface area contributed by atoms with Crippen molar-refractivity contribution in [2.45, 2.75) is 74.9 Å². The fourth-order valence-electron chi connectivity index (χ4n) is 3.37. The first kappa shape index (κ1) is 17.7. The Morgan fingerprint density at radius 3 is 2.92 bits per heavy atom. The van der Waals surface area contributed by atoms with Gasteiger partial charge in [-0.05, 0) is 49.0 Å². The van der Waals surface area contributed by atoms with Gasteiger partial charge in [-0.25, -0.2) is 4.68 Å². The molecule has 7 nitrogen and oxygen atoms in total. The summed E-state index contributed by atoms with van der Waals surface area (Å²) in [6.45, 7) is 4.18. The number of carbonyl (C=O) groups excluding carboxylic acids is 1. The molecule has 0 radical (unpaired) electrons. The van der Waals surface area contributed by atoms with E-state index in [2.05, 4.69) is 20.8 Å². The van der Waals surface area contributed by atoms with Crippen molar-refractivity contribution in [1.29, 1.82) is 0 Å². The largest absolute Gasteiger partial charge is 0.376 e. The molecular formula is C16H27N5O2S. The fraction of sp³-hybridized carbons (Fsp3) is 0.875. The van der Waals surface area contributed by atoms with Gasteiger partial charge in [-0.3, -0.25) is 4.79 Å². The van der Waals surface area contributed by atoms with Crippen LogP contribution < -0.4 is 5.32 Å². The summed E-state index contributed by atoms with van der Waals surface area (Å²) < 4.78 is 7.39. The van der Waals surface area contributed by atoms with Crippen LogP contribution >= 0.6 is 11.8 Å². The number of carbonyl (C=O) groups is 1. The lowest BCUT2D eigenvalue weighted by Gasteiger charge is -2.22. The summed E-state index contributed by atoms with van der Waals surface area (Å²) in [4.78, 5) is 12.3. The van der Waals surface area contributed by atoms with Crippen molar-refractivity contribution in [1.82, 2.24) is 25.5 Å². The highest BCUT2D eigenvalue weighted by molar-refractivity contribution is 8.00. The molecule has 1 aromatic heterocycles. The molecule has 2 unspecified atom stereocenters. The molecule has 8 heteroatoms. The van der Waals surface area contributed by atoms with E-state index in [0.717, 1.165) is 26.0 Å². The van der Waals surface area contributed by atoms with E-state index >= 15 is 0 Å². The number of hydrogen-bond acceptors (Lipinski definition) is 6. The van der Waals surface area contributed by atoms with Gasteiger partial charge in [0.2, 0.25) is 11.1 Å². The SMILES string of the molecule is CC(Sc1nnnn1CC1CCCO1)C(=O)NCC1CCCCC1. The molecule has 1 saturated carbocycles. The third-order valence-electron chi connectivity index (χ3n) is 4.84. The predicted octanol–water partition coefficient (Wildman–Crippen LogP) is 2.03. The Morgan fingerprint density at radius 2 is 2.17 bits per heavy atom. The van der Waals surface area contributed by atoms with Gasteiger partial charge in [0.15, 0.2) is 0 Å². The van der Waals surface area contributed by atoms with E-state index in [0.29, 0.717) is 17.6 Å². The molecule has 2 heterocycles. The second-order valence-corrected chi connectivity index (χ2v) is 8.10. The average molecular weight is 353 g/mol. The molecular weight excluding hydrogens is 326 g/mol. The molecule has 134 valence electrons. The van der Waals surface area contributed by atoms with Crippen LogP contribution in [0, 0.1) is 5.92 Å². The molecule has 1 aliphatic carbocycles. The summed E-state index contributed by atoms with van der Waals surface area (Å²) in [6, 6.07) is 0. The number of nitrogens with zero attached hydrogens (tertiary/aromatic N) is 4. The maximum absolute atomic E-state index is 12.3. The highest BCUT2D eigenvalue weighted by Crippen LogP contribution is 2.24. The molecule has 0 bridgehead atoms. The van der Waals surface area contributed by atoms with Crippen LogP contribution in [0.1, 0.15) is 51.9 Å². The molecule has 0 spiro atoms. The van der Waals surface area contributed by atoms with E-state index < -0.39 is 0 Å². The third kappa shape index (κ3) is 4.92. The van der Waals surface area contributed by atoms with E-state index in [1.807, 2.05) is 6.92 Å². The van der Waals surface area contributed by atoms with Gasteiger partial charge in [0.05, 0.1) is 17.9 Å². The average Bonchev–Trinajstić information content (AvgIpc) is 3.26. The minimum Gasteiger partial charge on any atom is -0.376 e. The molecule has 1 aliphatic heterocycles. The molecule has 1 aromatic rings. The van der Waals surface area contributed by atoms with Gasteiger partial charge in [-0.2, -0.15) is 0 Å². The Bertz CT molecular complexity index is 526. The molecule has 3 rings (SSSR count). The molecule has 1 saturated heterocycles. The number of ether oxygens (including phenoxy) is 1. The van der Waals surface area contributed by atoms with Gasteiger partial charge >= 0.3 is 0 Å². The zero-order valence-corrected chi connectivity index (χ0v) is 15.1. The molecule has 24 heavy (non-hydrogen) atoms. The highest BCUT2D eigenvalue weighted by Gasteiger charge is 2.23. The van der Waals surface area contributed by atoms with Crippen molar-refractivity contribution in [3.8, 4) is 0 Å². The van der Waals surface area contributed by atoms with E-state index in [4.69, 9.17) is 4.74 Å². The summed E-state index contributed by atoms with van der Waals surface area (Å²) in [5.41, 5.74) is 0. The first-order chi connectivity index (χ1) is 11.7. The van der Waals surface area contributed by atoms with E-state index in [1.165, 1.54) is 43.9 Å². The Hall–Kier alpha value is -1.15. The number of thioether (sulfide) groups is 1. The fourth-order valence-corrected chi connectivity index (χ4v) is 4.19. The summed E-state index contributed by atoms with van der Waals surface area (Å²) in [5, 5.41) is 15.4. The summed E-state index contributed by atoms with van der Waals surface area (Å²) in [5.74, 6) is 0.710. The normalized spacial score (nSPS) is 23.3. The zero-order chi connectivity index (χ0) is 16.8. The van der Waals surface area contributed by atoms with Gasteiger partial charge in [0, 0.05) is 13.2 Å². The van der Waals surface area contributed by atoms with E-state index in [-0.39, 0.29) is 17.3 Å². The third-order valence-corrected chi connectivity index (χ3v) is 5.91. The molecule has 2 aliphatic rings. The number of tetrazole rings is 1. The lowest BCUT2D eigenvalue weighted by Crippen LogP contribution is -2.35. The molecule has 1 N–H and O–H groups in total. The Kier molecular flexibility index (Phi) is 6.48. The number of aromatic nitrogens is 4. The van der Waals surface area contributed by atoms with Crippen LogP contribution in [-0.2, 0) is 16.1 Å². The van der Waals surface area contributed by atoms with Crippen molar-refractivity contribution in [2.24, 2.45) is 5.92 Å². The van der Waals surface area contributed by atoms with Crippen LogP contribution in [0.2, 0.25) is 0 Å². The van der Waals surface area contributed by atoms with Gasteiger partial charge in [-0.15, -0.1) is 5.10 Å². The first-order valence-electron chi connectivity index (χ1n) is 9.04. The first-order valence-corrected chi connectivity index (χ1v) is 9.92. The van der Waals surface area contributed by atoms with Gasteiger partial charge in [0.1, 0.15) is 0 Å². The Balaban J connectivity index is 1.46. The van der Waals surface area contributed by atoms with E-state index in [9.17, 15) is 4.79 Å². The quantitative estimate of drug-likeness (QED) is 0.755. The zero-order valence-electron chi connectivity index (χ0n) is 14.3. The van der Waals surface area contributed by atoms with Crippen LogP contribution in [0.15, 0.2) is 5.16 Å². The second kappa shape index (κ2) is 8.80. The van der Waals surface area contributed by atoms with Crippen LogP contribution in [-0.4, -0.2) is 50.6 Å². The topological polar surface area (TPSA) is 81.9 Å². The molecule has 1 amide bonds. The maximum atomic E-state index is 12.3. The van der Waals surface area contributed by atoms with E-state index in [1.54, 1.807) is 4.68 Å². The summed E-state index contributed by atoms with van der Waals surface area (Å²) in [6.07, 6.45) is 8.72. The van der Waals surface area contributed by atoms with Crippen molar-refractivity contribution < 1.29 is 9.53 Å². The standard InChI is InChI=1S/C16H27N5O2S/c1-12(15(22)17-10-13-6-3-2-4-7-13)24-16-18-19-20-21(16)11-14-8-5-9-23-14/h12-14H,2-11H2,1H3,(H,17,22). The monoisotopic (exact) mass is 353 g/mol.